The van der Waals surface area contributed by atoms with E-state index in [1.54, 1.807) is 4.90 Å². The first-order valence-electron chi connectivity index (χ1n) is 6.33. The van der Waals surface area contributed by atoms with E-state index in [9.17, 15) is 4.79 Å². The minimum absolute atomic E-state index is 0.282. The van der Waals surface area contributed by atoms with Crippen molar-refractivity contribution in [1.82, 2.24) is 9.88 Å². The zero-order chi connectivity index (χ0) is 14.4. The maximum Gasteiger partial charge on any atom is 0.411 e. The third kappa shape index (κ3) is 3.00. The van der Waals surface area contributed by atoms with Crippen LogP contribution in [0, 0.1) is 0 Å². The molecule has 0 saturated heterocycles. The number of nitrogens with two attached hydrogens (primary N) is 1. The van der Waals surface area contributed by atoms with E-state index in [1.165, 1.54) is 11.3 Å². The third-order valence-corrected chi connectivity index (χ3v) is 3.95. The highest BCUT2D eigenvalue weighted by molar-refractivity contribution is 7.15. The molecule has 2 heterocycles. The van der Waals surface area contributed by atoms with Gasteiger partial charge in [0.2, 0.25) is 0 Å². The summed E-state index contributed by atoms with van der Waals surface area (Å²) in [6.07, 6.45) is 0.421. The maximum absolute atomic E-state index is 12.3. The van der Waals surface area contributed by atoms with Crippen molar-refractivity contribution in [2.24, 2.45) is 0 Å². The van der Waals surface area contributed by atoms with Crippen molar-refractivity contribution in [3.05, 3.63) is 10.6 Å². The number of rotatable bonds is 0. The van der Waals surface area contributed by atoms with Crippen LogP contribution in [0.3, 0.4) is 0 Å². The van der Waals surface area contributed by atoms with Gasteiger partial charge < -0.3 is 10.5 Å². The quantitative estimate of drug-likeness (QED) is 0.795. The van der Waals surface area contributed by atoms with Crippen molar-refractivity contribution in [1.29, 1.82) is 0 Å². The number of nitrogen functional groups attached to an aromatic ring is 1. The first-order chi connectivity index (χ1) is 8.58. The van der Waals surface area contributed by atoms with Crippen LogP contribution in [0.2, 0.25) is 0 Å². The molecule has 0 bridgehead atoms. The van der Waals surface area contributed by atoms with Gasteiger partial charge in [-0.2, -0.15) is 0 Å². The lowest BCUT2D eigenvalue weighted by atomic mass is 9.92. The lowest BCUT2D eigenvalue weighted by Crippen LogP contribution is -2.52. The van der Waals surface area contributed by atoms with Gasteiger partial charge in [0.25, 0.3) is 0 Å². The van der Waals surface area contributed by atoms with Crippen LogP contribution in [-0.2, 0) is 17.7 Å². The van der Waals surface area contributed by atoms with Gasteiger partial charge in [-0.25, -0.2) is 9.78 Å². The predicted molar refractivity (Wildman–Crippen MR) is 76.1 cm³/mol. The van der Waals surface area contributed by atoms with Crippen LogP contribution in [-0.4, -0.2) is 27.1 Å². The summed E-state index contributed by atoms with van der Waals surface area (Å²) in [6, 6.07) is 0. The summed E-state index contributed by atoms with van der Waals surface area (Å²) >= 11 is 1.45. The molecule has 1 aromatic heterocycles. The van der Waals surface area contributed by atoms with Crippen molar-refractivity contribution in [3.8, 4) is 0 Å². The summed E-state index contributed by atoms with van der Waals surface area (Å²) < 4.78 is 5.47. The minimum Gasteiger partial charge on any atom is -0.444 e. The summed E-state index contributed by atoms with van der Waals surface area (Å²) in [5.74, 6) is 0. The van der Waals surface area contributed by atoms with Gasteiger partial charge in [-0.3, -0.25) is 4.90 Å². The molecule has 0 radical (unpaired) electrons. The topological polar surface area (TPSA) is 68.5 Å². The van der Waals surface area contributed by atoms with E-state index in [1.807, 2.05) is 34.6 Å². The van der Waals surface area contributed by atoms with Gasteiger partial charge in [0.05, 0.1) is 12.2 Å². The second kappa shape index (κ2) is 4.37. The first-order valence-corrected chi connectivity index (χ1v) is 7.15. The second-order valence-corrected chi connectivity index (χ2v) is 7.59. The van der Waals surface area contributed by atoms with Crippen molar-refractivity contribution < 1.29 is 9.53 Å². The molecular formula is C13H21N3O2S. The molecule has 2 N–H and O–H groups in total. The average molecular weight is 283 g/mol. The van der Waals surface area contributed by atoms with E-state index < -0.39 is 5.60 Å². The molecule has 106 valence electrons. The Morgan fingerprint density at radius 2 is 2.11 bits per heavy atom. The fourth-order valence-corrected chi connectivity index (χ4v) is 2.99. The molecule has 5 nitrogen and oxygen atoms in total. The molecule has 0 saturated carbocycles. The fourth-order valence-electron chi connectivity index (χ4n) is 2.16. The van der Waals surface area contributed by atoms with Crippen LogP contribution in [0.1, 0.15) is 45.2 Å². The molecule has 1 amide bonds. The predicted octanol–water partition coefficient (Wildman–Crippen LogP) is 2.80. The lowest BCUT2D eigenvalue weighted by Gasteiger charge is -2.41. The number of fused-ring (bicyclic) bond motifs is 1. The molecule has 0 atom stereocenters. The zero-order valence-electron chi connectivity index (χ0n) is 12.1. The first kappa shape index (κ1) is 14.1. The van der Waals surface area contributed by atoms with Crippen LogP contribution >= 0.6 is 11.3 Å². The van der Waals surface area contributed by atoms with Crippen molar-refractivity contribution in [3.63, 3.8) is 0 Å². The second-order valence-electron chi connectivity index (χ2n) is 6.48. The molecule has 1 aliphatic rings. The minimum atomic E-state index is -0.486. The number of nitrogens with zero attached hydrogens (tertiary/aromatic N) is 2. The standard InChI is InChI=1S/C13H21N3O2S/c1-12(2,3)18-11(17)16-7-9-8(6-13(16,4)5)15-10(14)19-9/h6-7H2,1-5H3,(H2,14,15). The van der Waals surface area contributed by atoms with Crippen molar-refractivity contribution in [2.75, 3.05) is 5.73 Å². The van der Waals surface area contributed by atoms with Gasteiger partial charge in [-0.15, -0.1) is 11.3 Å². The van der Waals surface area contributed by atoms with Crippen molar-refractivity contribution in [2.45, 2.75) is 58.7 Å². The zero-order valence-corrected chi connectivity index (χ0v) is 12.9. The summed E-state index contributed by atoms with van der Waals surface area (Å²) in [5.41, 5.74) is 5.95. The van der Waals surface area contributed by atoms with E-state index in [0.717, 1.165) is 10.6 Å². The Bertz CT molecular complexity index is 502. The number of hydrogen-bond acceptors (Lipinski definition) is 5. The SMILES string of the molecule is CC(C)(C)OC(=O)N1Cc2sc(N)nc2CC1(C)C. The highest BCUT2D eigenvalue weighted by atomic mass is 32.1. The number of carbonyl (C=O) groups is 1. The van der Waals surface area contributed by atoms with Gasteiger partial charge in [0.1, 0.15) is 5.60 Å². The van der Waals surface area contributed by atoms with E-state index >= 15 is 0 Å². The molecule has 0 aromatic carbocycles. The normalized spacial score (nSPS) is 18.1. The third-order valence-electron chi connectivity index (χ3n) is 3.04. The summed E-state index contributed by atoms with van der Waals surface area (Å²) in [6.45, 7) is 10.2. The summed E-state index contributed by atoms with van der Waals surface area (Å²) in [4.78, 5) is 19.5. The Morgan fingerprint density at radius 1 is 1.47 bits per heavy atom. The summed E-state index contributed by atoms with van der Waals surface area (Å²) in [5, 5.41) is 0.562. The number of ether oxygens (including phenoxy) is 1. The maximum atomic E-state index is 12.3. The molecule has 0 aliphatic carbocycles. The van der Waals surface area contributed by atoms with E-state index in [-0.39, 0.29) is 11.6 Å². The molecule has 19 heavy (non-hydrogen) atoms. The largest absolute Gasteiger partial charge is 0.444 e. The molecule has 0 fully saturated rings. The Hall–Kier alpha value is -1.30. The number of aromatic nitrogens is 1. The Morgan fingerprint density at radius 3 is 2.68 bits per heavy atom. The van der Waals surface area contributed by atoms with Crippen LogP contribution in [0.4, 0.5) is 9.93 Å². The van der Waals surface area contributed by atoms with Crippen LogP contribution in [0.25, 0.3) is 0 Å². The van der Waals surface area contributed by atoms with Crippen LogP contribution in [0.15, 0.2) is 0 Å². The molecule has 2 rings (SSSR count). The Balaban J connectivity index is 2.24. The Kier molecular flexibility index (Phi) is 3.24. The molecular weight excluding hydrogens is 262 g/mol. The molecule has 1 aromatic rings. The highest BCUT2D eigenvalue weighted by Crippen LogP contribution is 2.35. The van der Waals surface area contributed by atoms with Crippen LogP contribution in [0.5, 0.6) is 0 Å². The van der Waals surface area contributed by atoms with Crippen molar-refractivity contribution >= 4 is 22.6 Å². The number of amides is 1. The van der Waals surface area contributed by atoms with E-state index in [2.05, 4.69) is 4.98 Å². The van der Waals surface area contributed by atoms with Gasteiger partial charge in [0.15, 0.2) is 5.13 Å². The van der Waals surface area contributed by atoms with Gasteiger partial charge in [0, 0.05) is 16.8 Å². The van der Waals surface area contributed by atoms with Gasteiger partial charge >= 0.3 is 6.09 Å². The van der Waals surface area contributed by atoms with E-state index in [4.69, 9.17) is 10.5 Å². The molecule has 0 unspecified atom stereocenters. The highest BCUT2D eigenvalue weighted by Gasteiger charge is 2.39. The van der Waals surface area contributed by atoms with Crippen LogP contribution < -0.4 is 5.73 Å². The van der Waals surface area contributed by atoms with Gasteiger partial charge in [-0.1, -0.05) is 0 Å². The Labute approximate surface area is 117 Å². The lowest BCUT2D eigenvalue weighted by molar-refractivity contribution is -0.00231. The molecule has 6 heteroatoms. The number of carbonyl (C=O) groups excluding carboxylic acids is 1. The number of anilines is 1. The van der Waals surface area contributed by atoms with E-state index in [0.29, 0.717) is 18.1 Å². The monoisotopic (exact) mass is 283 g/mol. The molecule has 1 aliphatic heterocycles. The fraction of sp³-hybridized carbons (Fsp3) is 0.692. The summed E-state index contributed by atoms with van der Waals surface area (Å²) in [7, 11) is 0. The smallest absolute Gasteiger partial charge is 0.411 e. The number of hydrogen-bond donors (Lipinski definition) is 1. The number of thiazole rings is 1. The average Bonchev–Trinajstić information content (AvgIpc) is 2.51. The molecule has 0 spiro atoms. The van der Waals surface area contributed by atoms with Gasteiger partial charge in [-0.05, 0) is 34.6 Å².